The third-order valence-electron chi connectivity index (χ3n) is 6.31. The molecule has 0 N–H and O–H groups in total. The number of hydrogen-bond donors (Lipinski definition) is 0. The van der Waals surface area contributed by atoms with Gasteiger partial charge in [-0.2, -0.15) is 0 Å². The molecular formula is C22H24N4O3. The van der Waals surface area contributed by atoms with Gasteiger partial charge in [-0.25, -0.2) is 9.97 Å². The fraction of sp³-hybridized carbons (Fsp3) is 0.500. The first-order chi connectivity index (χ1) is 14.3. The molecule has 29 heavy (non-hydrogen) atoms. The van der Waals surface area contributed by atoms with Gasteiger partial charge in [-0.05, 0) is 30.2 Å². The first-order valence-corrected chi connectivity index (χ1v) is 10.5. The molecule has 0 radical (unpaired) electrons. The molecular weight excluding hydrogens is 368 g/mol. The monoisotopic (exact) mass is 392 g/mol. The van der Waals surface area contributed by atoms with Gasteiger partial charge in [0.15, 0.2) is 0 Å². The average molecular weight is 392 g/mol. The van der Waals surface area contributed by atoms with Crippen molar-refractivity contribution < 1.29 is 14.2 Å². The second-order valence-corrected chi connectivity index (χ2v) is 8.14. The Bertz CT molecular complexity index is 957. The van der Waals surface area contributed by atoms with Crippen molar-refractivity contribution in [2.24, 2.45) is 4.99 Å². The summed E-state index contributed by atoms with van der Waals surface area (Å²) >= 11 is 0. The highest BCUT2D eigenvalue weighted by atomic mass is 16.5. The van der Waals surface area contributed by atoms with Crippen molar-refractivity contribution in [2.75, 3.05) is 31.3 Å². The highest BCUT2D eigenvalue weighted by Gasteiger charge is 2.39. The van der Waals surface area contributed by atoms with Crippen molar-refractivity contribution in [3.63, 3.8) is 0 Å². The number of aromatic nitrogens is 2. The lowest BCUT2D eigenvalue weighted by Crippen LogP contribution is -2.37. The molecule has 0 aliphatic carbocycles. The molecule has 6 heterocycles. The Kier molecular flexibility index (Phi) is 4.23. The van der Waals surface area contributed by atoms with Crippen LogP contribution in [0.1, 0.15) is 36.0 Å². The zero-order valence-corrected chi connectivity index (χ0v) is 16.3. The van der Waals surface area contributed by atoms with E-state index in [1.165, 1.54) is 5.56 Å². The van der Waals surface area contributed by atoms with Gasteiger partial charge in [0, 0.05) is 37.3 Å². The van der Waals surface area contributed by atoms with E-state index in [-0.39, 0.29) is 6.10 Å². The Hall–Kier alpha value is -2.51. The minimum absolute atomic E-state index is 0.151. The van der Waals surface area contributed by atoms with Gasteiger partial charge in [-0.15, -0.1) is 0 Å². The summed E-state index contributed by atoms with van der Waals surface area (Å²) < 4.78 is 17.5. The summed E-state index contributed by atoms with van der Waals surface area (Å²) in [6, 6.07) is 6.67. The van der Waals surface area contributed by atoms with Gasteiger partial charge in [-0.3, -0.25) is 4.99 Å². The average Bonchev–Trinajstić information content (AvgIpc) is 3.51. The summed E-state index contributed by atoms with van der Waals surface area (Å²) in [5.74, 6) is 1.70. The topological polar surface area (TPSA) is 69.1 Å². The Morgan fingerprint density at radius 2 is 2.00 bits per heavy atom. The standard InChI is InChI=1S/C22H24N4O3/c1-5-23-19(26-12-18-10-16(26)13-28-18)9-14(1)21-20-15(11-25-21)2-6-24-22(20)29-17-3-7-27-8-4-17/h1-2,5-6,9,16-18H,3-4,7-8,10-13H2/t16-,18-/m0/s1. The van der Waals surface area contributed by atoms with Crippen LogP contribution in [-0.4, -0.2) is 60.3 Å². The van der Waals surface area contributed by atoms with Crippen LogP contribution in [0, 0.1) is 0 Å². The van der Waals surface area contributed by atoms with Crippen LogP contribution in [0.15, 0.2) is 35.6 Å². The number of anilines is 1. The van der Waals surface area contributed by atoms with Crippen LogP contribution in [0.25, 0.3) is 0 Å². The fourth-order valence-electron chi connectivity index (χ4n) is 4.79. The molecule has 2 bridgehead atoms. The minimum Gasteiger partial charge on any atom is -0.474 e. The smallest absolute Gasteiger partial charge is 0.223 e. The molecule has 6 rings (SSSR count). The molecule has 0 aromatic carbocycles. The van der Waals surface area contributed by atoms with Crippen LogP contribution >= 0.6 is 0 Å². The largest absolute Gasteiger partial charge is 0.474 e. The molecule has 4 aliphatic rings. The minimum atomic E-state index is 0.151. The zero-order valence-electron chi connectivity index (χ0n) is 16.3. The van der Waals surface area contributed by atoms with Gasteiger partial charge >= 0.3 is 0 Å². The van der Waals surface area contributed by atoms with Crippen molar-refractivity contribution in [3.8, 4) is 5.88 Å². The van der Waals surface area contributed by atoms with Gasteiger partial charge in [0.05, 0.1) is 49.8 Å². The Morgan fingerprint density at radius 1 is 1.10 bits per heavy atom. The van der Waals surface area contributed by atoms with Crippen molar-refractivity contribution >= 4 is 11.5 Å². The van der Waals surface area contributed by atoms with E-state index in [1.807, 2.05) is 24.5 Å². The maximum absolute atomic E-state index is 6.31. The molecule has 2 aromatic rings. The first kappa shape index (κ1) is 17.4. The molecule has 0 amide bonds. The van der Waals surface area contributed by atoms with Gasteiger partial charge < -0.3 is 19.1 Å². The number of rotatable bonds is 4. The van der Waals surface area contributed by atoms with E-state index in [0.717, 1.165) is 68.3 Å². The Morgan fingerprint density at radius 3 is 2.83 bits per heavy atom. The summed E-state index contributed by atoms with van der Waals surface area (Å²) in [5, 5.41) is 0. The number of aliphatic imine (C=N–C) groups is 1. The number of pyridine rings is 2. The summed E-state index contributed by atoms with van der Waals surface area (Å²) in [6.45, 7) is 3.88. The highest BCUT2D eigenvalue weighted by molar-refractivity contribution is 6.16. The maximum atomic E-state index is 6.31. The summed E-state index contributed by atoms with van der Waals surface area (Å²) in [4.78, 5) is 16.4. The van der Waals surface area contributed by atoms with E-state index in [9.17, 15) is 0 Å². The number of nitrogens with zero attached hydrogens (tertiary/aromatic N) is 4. The third-order valence-corrected chi connectivity index (χ3v) is 6.31. The number of ether oxygens (including phenoxy) is 3. The van der Waals surface area contributed by atoms with E-state index in [1.54, 1.807) is 0 Å². The van der Waals surface area contributed by atoms with Crippen LogP contribution < -0.4 is 9.64 Å². The molecule has 2 atom stereocenters. The molecule has 3 fully saturated rings. The van der Waals surface area contributed by atoms with Crippen LogP contribution in [-0.2, 0) is 16.0 Å². The molecule has 7 heteroatoms. The predicted molar refractivity (Wildman–Crippen MR) is 108 cm³/mol. The van der Waals surface area contributed by atoms with Crippen LogP contribution in [0.5, 0.6) is 5.88 Å². The molecule has 150 valence electrons. The molecule has 7 nitrogen and oxygen atoms in total. The predicted octanol–water partition coefficient (Wildman–Crippen LogP) is 2.36. The first-order valence-electron chi connectivity index (χ1n) is 10.5. The Labute approximate surface area is 169 Å². The van der Waals surface area contributed by atoms with Gasteiger partial charge in [0.1, 0.15) is 11.9 Å². The van der Waals surface area contributed by atoms with E-state index >= 15 is 0 Å². The van der Waals surface area contributed by atoms with Gasteiger partial charge in [-0.1, -0.05) is 0 Å². The molecule has 0 unspecified atom stereocenters. The summed E-state index contributed by atoms with van der Waals surface area (Å²) in [6.07, 6.45) is 7.10. The lowest BCUT2D eigenvalue weighted by molar-refractivity contribution is 0.0236. The van der Waals surface area contributed by atoms with Gasteiger partial charge in [0.25, 0.3) is 0 Å². The second kappa shape index (κ2) is 7.07. The number of hydrogen-bond acceptors (Lipinski definition) is 7. The normalized spacial score (nSPS) is 25.9. The SMILES string of the molecule is c1cc(C2=NCc3ccnc(OC4CCOCC4)c32)cc(N2C[C@@H]3C[C@H]2CO3)n1. The number of morpholine rings is 1. The van der Waals surface area contributed by atoms with Crippen molar-refractivity contribution in [3.05, 3.63) is 47.3 Å². The highest BCUT2D eigenvalue weighted by Crippen LogP contribution is 2.34. The Balaban J connectivity index is 1.31. The quantitative estimate of drug-likeness (QED) is 0.796. The molecule has 3 saturated heterocycles. The van der Waals surface area contributed by atoms with Crippen molar-refractivity contribution in [1.82, 2.24) is 9.97 Å². The van der Waals surface area contributed by atoms with Crippen molar-refractivity contribution in [2.45, 2.75) is 44.1 Å². The summed E-state index contributed by atoms with van der Waals surface area (Å²) in [7, 11) is 0. The fourth-order valence-corrected chi connectivity index (χ4v) is 4.79. The molecule has 0 saturated carbocycles. The third kappa shape index (κ3) is 3.09. The number of fused-ring (bicyclic) bond motifs is 3. The van der Waals surface area contributed by atoms with E-state index in [2.05, 4.69) is 20.9 Å². The molecule has 4 aliphatic heterocycles. The molecule has 0 spiro atoms. The van der Waals surface area contributed by atoms with Crippen LogP contribution in [0.4, 0.5) is 5.82 Å². The maximum Gasteiger partial charge on any atom is 0.223 e. The van der Waals surface area contributed by atoms with Crippen LogP contribution in [0.3, 0.4) is 0 Å². The molecule has 2 aromatic heterocycles. The van der Waals surface area contributed by atoms with Crippen LogP contribution in [0.2, 0.25) is 0 Å². The van der Waals surface area contributed by atoms with E-state index in [0.29, 0.717) is 24.6 Å². The summed E-state index contributed by atoms with van der Waals surface area (Å²) in [5.41, 5.74) is 4.23. The lowest BCUT2D eigenvalue weighted by Gasteiger charge is -2.28. The lowest BCUT2D eigenvalue weighted by atomic mass is 10.0. The van der Waals surface area contributed by atoms with E-state index < -0.39 is 0 Å². The van der Waals surface area contributed by atoms with Gasteiger partial charge in [0.2, 0.25) is 5.88 Å². The van der Waals surface area contributed by atoms with E-state index in [4.69, 9.17) is 19.2 Å². The second-order valence-electron chi connectivity index (χ2n) is 8.14. The zero-order chi connectivity index (χ0) is 19.2. The van der Waals surface area contributed by atoms with Crippen molar-refractivity contribution in [1.29, 1.82) is 0 Å².